The SMILES string of the molecule is CC(=O)C1=C(C)NC2=C(C(=O)c3ccccc32)[C@@H]1c1cccc(Br)c1. The van der Waals surface area contributed by atoms with Crippen LogP contribution in [0.3, 0.4) is 0 Å². The predicted octanol–water partition coefficient (Wildman–Crippen LogP) is 4.61. The van der Waals surface area contributed by atoms with Crippen molar-refractivity contribution in [2.24, 2.45) is 0 Å². The molecule has 0 saturated carbocycles. The maximum absolute atomic E-state index is 13.1. The zero-order valence-electron chi connectivity index (χ0n) is 13.9. The standard InChI is InChI=1S/C21H16BrNO2/c1-11-17(12(2)24)18(13-6-5-7-14(22)10-13)19-20(23-11)15-8-3-4-9-16(15)21(19)25/h3-10,18,23H,1-2H3/t18-/m1/s1. The van der Waals surface area contributed by atoms with Crippen molar-refractivity contribution < 1.29 is 9.59 Å². The quantitative estimate of drug-likeness (QED) is 0.810. The molecule has 0 unspecified atom stereocenters. The fraction of sp³-hybridized carbons (Fsp3) is 0.143. The van der Waals surface area contributed by atoms with Gasteiger partial charge in [-0.25, -0.2) is 0 Å². The van der Waals surface area contributed by atoms with Gasteiger partial charge in [0.05, 0.1) is 5.70 Å². The van der Waals surface area contributed by atoms with E-state index in [-0.39, 0.29) is 17.5 Å². The van der Waals surface area contributed by atoms with Crippen LogP contribution < -0.4 is 5.32 Å². The van der Waals surface area contributed by atoms with Gasteiger partial charge in [-0.2, -0.15) is 0 Å². The molecule has 4 rings (SSSR count). The van der Waals surface area contributed by atoms with Crippen LogP contribution in [0.4, 0.5) is 0 Å². The number of hydrogen-bond acceptors (Lipinski definition) is 3. The molecule has 0 saturated heterocycles. The molecule has 2 aromatic carbocycles. The Morgan fingerprint density at radius 2 is 1.80 bits per heavy atom. The van der Waals surface area contributed by atoms with Gasteiger partial charge < -0.3 is 5.32 Å². The molecule has 2 aliphatic rings. The summed E-state index contributed by atoms with van der Waals surface area (Å²) in [7, 11) is 0. The smallest absolute Gasteiger partial charge is 0.192 e. The summed E-state index contributed by atoms with van der Waals surface area (Å²) in [5, 5.41) is 3.32. The molecule has 0 aromatic heterocycles. The van der Waals surface area contributed by atoms with E-state index >= 15 is 0 Å². The van der Waals surface area contributed by atoms with Crippen LogP contribution in [0.1, 0.15) is 41.3 Å². The predicted molar refractivity (Wildman–Crippen MR) is 101 cm³/mol. The minimum absolute atomic E-state index is 0.00525. The van der Waals surface area contributed by atoms with Crippen LogP contribution in [-0.4, -0.2) is 11.6 Å². The molecule has 3 nitrogen and oxygen atoms in total. The first-order chi connectivity index (χ1) is 12.0. The second-order valence-electron chi connectivity index (χ2n) is 6.37. The lowest BCUT2D eigenvalue weighted by Gasteiger charge is -2.29. The molecule has 4 heteroatoms. The van der Waals surface area contributed by atoms with Crippen LogP contribution in [0.25, 0.3) is 5.70 Å². The van der Waals surface area contributed by atoms with Crippen LogP contribution in [0.5, 0.6) is 0 Å². The number of allylic oxidation sites excluding steroid dienone is 3. The maximum atomic E-state index is 13.1. The number of hydrogen-bond donors (Lipinski definition) is 1. The van der Waals surface area contributed by atoms with Crippen LogP contribution in [0.15, 0.2) is 69.8 Å². The molecule has 1 heterocycles. The third-order valence-corrected chi connectivity index (χ3v) is 5.30. The van der Waals surface area contributed by atoms with E-state index in [0.29, 0.717) is 16.7 Å². The number of ketones is 2. The average Bonchev–Trinajstić information content (AvgIpc) is 2.86. The van der Waals surface area contributed by atoms with Gasteiger partial charge in [0, 0.05) is 38.4 Å². The summed E-state index contributed by atoms with van der Waals surface area (Å²) >= 11 is 3.50. The monoisotopic (exact) mass is 393 g/mol. The van der Waals surface area contributed by atoms with Crippen molar-refractivity contribution in [3.05, 3.63) is 86.5 Å². The highest BCUT2D eigenvalue weighted by molar-refractivity contribution is 9.10. The van der Waals surface area contributed by atoms with Crippen LogP contribution >= 0.6 is 15.9 Å². The molecule has 124 valence electrons. The second-order valence-corrected chi connectivity index (χ2v) is 7.29. The van der Waals surface area contributed by atoms with E-state index in [4.69, 9.17) is 0 Å². The van der Waals surface area contributed by atoms with E-state index in [1.807, 2.05) is 55.5 Å². The third kappa shape index (κ3) is 2.40. The molecular formula is C21H16BrNO2. The third-order valence-electron chi connectivity index (χ3n) is 4.81. The molecule has 0 radical (unpaired) electrons. The summed E-state index contributed by atoms with van der Waals surface area (Å²) in [6, 6.07) is 15.4. The highest BCUT2D eigenvalue weighted by atomic mass is 79.9. The minimum Gasteiger partial charge on any atom is -0.358 e. The van der Waals surface area contributed by atoms with Crippen molar-refractivity contribution in [1.29, 1.82) is 0 Å². The van der Waals surface area contributed by atoms with Gasteiger partial charge in [-0.3, -0.25) is 9.59 Å². The fourth-order valence-corrected chi connectivity index (χ4v) is 4.23. The van der Waals surface area contributed by atoms with E-state index < -0.39 is 0 Å². The Morgan fingerprint density at radius 3 is 2.48 bits per heavy atom. The Labute approximate surface area is 154 Å². The van der Waals surface area contributed by atoms with E-state index in [0.717, 1.165) is 27.0 Å². The number of rotatable bonds is 2. The van der Waals surface area contributed by atoms with Crippen molar-refractivity contribution in [3.8, 4) is 0 Å². The van der Waals surface area contributed by atoms with Crippen molar-refractivity contribution >= 4 is 33.2 Å². The highest BCUT2D eigenvalue weighted by Crippen LogP contribution is 2.46. The van der Waals surface area contributed by atoms with Crippen molar-refractivity contribution in [2.75, 3.05) is 0 Å². The normalized spacial score (nSPS) is 18.8. The topological polar surface area (TPSA) is 46.2 Å². The Balaban J connectivity index is 1.98. The lowest BCUT2D eigenvalue weighted by atomic mass is 9.78. The van der Waals surface area contributed by atoms with Crippen LogP contribution in [-0.2, 0) is 4.79 Å². The summed E-state index contributed by atoms with van der Waals surface area (Å²) in [5.74, 6) is -0.384. The summed E-state index contributed by atoms with van der Waals surface area (Å²) in [6.45, 7) is 3.46. The highest BCUT2D eigenvalue weighted by Gasteiger charge is 2.41. The molecule has 1 aliphatic heterocycles. The van der Waals surface area contributed by atoms with Gasteiger partial charge in [0.15, 0.2) is 11.6 Å². The first kappa shape index (κ1) is 16.0. The molecule has 2 aromatic rings. The maximum Gasteiger partial charge on any atom is 0.192 e. The molecule has 1 atom stereocenters. The lowest BCUT2D eigenvalue weighted by molar-refractivity contribution is -0.113. The number of carbonyl (C=O) groups is 2. The molecule has 25 heavy (non-hydrogen) atoms. The average molecular weight is 394 g/mol. The van der Waals surface area contributed by atoms with Crippen molar-refractivity contribution in [3.63, 3.8) is 0 Å². The largest absolute Gasteiger partial charge is 0.358 e. The number of carbonyl (C=O) groups excluding carboxylic acids is 2. The van der Waals surface area contributed by atoms with E-state index in [1.54, 1.807) is 6.92 Å². The Bertz CT molecular complexity index is 1000. The van der Waals surface area contributed by atoms with Gasteiger partial charge in [-0.1, -0.05) is 52.3 Å². The molecule has 0 bridgehead atoms. The molecule has 1 N–H and O–H groups in total. The molecule has 0 fully saturated rings. The molecule has 0 amide bonds. The summed E-state index contributed by atoms with van der Waals surface area (Å²) in [6.07, 6.45) is 0. The van der Waals surface area contributed by atoms with E-state index in [1.165, 1.54) is 0 Å². The minimum atomic E-state index is -0.355. The summed E-state index contributed by atoms with van der Waals surface area (Å²) in [4.78, 5) is 25.5. The van der Waals surface area contributed by atoms with Crippen molar-refractivity contribution in [1.82, 2.24) is 5.32 Å². The van der Waals surface area contributed by atoms with Crippen LogP contribution in [0.2, 0.25) is 0 Å². The molecule has 1 aliphatic carbocycles. The number of halogens is 1. The van der Waals surface area contributed by atoms with E-state index in [2.05, 4.69) is 21.2 Å². The fourth-order valence-electron chi connectivity index (χ4n) is 3.82. The second kappa shape index (κ2) is 5.81. The molecular weight excluding hydrogens is 378 g/mol. The van der Waals surface area contributed by atoms with Gasteiger partial charge >= 0.3 is 0 Å². The van der Waals surface area contributed by atoms with Gasteiger partial charge in [0.2, 0.25) is 0 Å². The van der Waals surface area contributed by atoms with Crippen molar-refractivity contribution in [2.45, 2.75) is 19.8 Å². The Hall–Kier alpha value is -2.46. The Kier molecular flexibility index (Phi) is 3.73. The van der Waals surface area contributed by atoms with Gasteiger partial charge in [0.1, 0.15) is 0 Å². The Morgan fingerprint density at radius 1 is 1.08 bits per heavy atom. The van der Waals surface area contributed by atoms with Crippen LogP contribution in [0, 0.1) is 0 Å². The number of nitrogens with one attached hydrogen (secondary N) is 1. The first-order valence-corrected chi connectivity index (χ1v) is 8.90. The van der Waals surface area contributed by atoms with Gasteiger partial charge in [-0.05, 0) is 31.5 Å². The van der Waals surface area contributed by atoms with E-state index in [9.17, 15) is 9.59 Å². The number of fused-ring (bicyclic) bond motifs is 2. The van der Waals surface area contributed by atoms with Gasteiger partial charge in [0.25, 0.3) is 0 Å². The number of dihydropyridines is 1. The number of benzene rings is 2. The van der Waals surface area contributed by atoms with Gasteiger partial charge in [-0.15, -0.1) is 0 Å². The molecule has 0 spiro atoms. The zero-order valence-corrected chi connectivity index (χ0v) is 15.5. The number of Topliss-reactive ketones (excluding diaryl/α,β-unsaturated/α-hetero) is 2. The summed E-state index contributed by atoms with van der Waals surface area (Å²) < 4.78 is 0.925. The first-order valence-electron chi connectivity index (χ1n) is 8.11. The lowest BCUT2D eigenvalue weighted by Crippen LogP contribution is -2.27. The zero-order chi connectivity index (χ0) is 17.7. The summed E-state index contributed by atoms with van der Waals surface area (Å²) in [5.41, 5.74) is 5.48.